The smallest absolute Gasteiger partial charge is 0.0195 e. The van der Waals surface area contributed by atoms with Gasteiger partial charge in [0.2, 0.25) is 0 Å². The largest absolute Gasteiger partial charge is 0.311 e. The van der Waals surface area contributed by atoms with Gasteiger partial charge in [0.1, 0.15) is 0 Å². The Hall–Kier alpha value is 0.01000. The maximum atomic E-state index is 3.75. The zero-order valence-electron chi connectivity index (χ0n) is 10.7. The average molecular weight is 242 g/mol. The summed E-state index contributed by atoms with van der Waals surface area (Å²) in [5.41, 5.74) is 0. The van der Waals surface area contributed by atoms with E-state index in [9.17, 15) is 0 Å². The van der Waals surface area contributed by atoms with Crippen molar-refractivity contribution in [2.45, 2.75) is 38.8 Å². The first-order chi connectivity index (χ1) is 7.77. The summed E-state index contributed by atoms with van der Waals surface area (Å²) in [6, 6.07) is 1.41. The van der Waals surface area contributed by atoms with Gasteiger partial charge in [0.05, 0.1) is 0 Å². The molecule has 0 bridgehead atoms. The zero-order chi connectivity index (χ0) is 11.8. The van der Waals surface area contributed by atoms with Crippen LogP contribution in [-0.4, -0.2) is 48.1 Å². The molecule has 2 unspecified atom stereocenters. The van der Waals surface area contributed by atoms with E-state index in [1.807, 2.05) is 17.8 Å². The summed E-state index contributed by atoms with van der Waals surface area (Å²) < 4.78 is 0. The summed E-state index contributed by atoms with van der Waals surface area (Å²) in [6.07, 6.45) is 4.58. The minimum absolute atomic E-state index is 0.692. The van der Waals surface area contributed by atoms with Crippen molar-refractivity contribution in [2.75, 3.05) is 31.1 Å². The van der Waals surface area contributed by atoms with Gasteiger partial charge in [-0.1, -0.05) is 19.4 Å². The highest BCUT2D eigenvalue weighted by atomic mass is 32.2. The summed E-state index contributed by atoms with van der Waals surface area (Å²) in [6.45, 7) is 11.9. The summed E-state index contributed by atoms with van der Waals surface area (Å²) in [4.78, 5) is 2.63. The van der Waals surface area contributed by atoms with E-state index in [4.69, 9.17) is 0 Å². The molecular formula is C13H26N2S. The van der Waals surface area contributed by atoms with E-state index in [-0.39, 0.29) is 0 Å². The summed E-state index contributed by atoms with van der Waals surface area (Å²) >= 11 is 1.98. The van der Waals surface area contributed by atoms with Crippen molar-refractivity contribution in [3.63, 3.8) is 0 Å². The highest BCUT2D eigenvalue weighted by Crippen LogP contribution is 2.11. The average Bonchev–Trinajstić information content (AvgIpc) is 2.29. The van der Waals surface area contributed by atoms with Gasteiger partial charge in [-0.25, -0.2) is 0 Å². The third-order valence-electron chi connectivity index (χ3n) is 3.18. The maximum absolute atomic E-state index is 3.75. The summed E-state index contributed by atoms with van der Waals surface area (Å²) in [7, 11) is 0. The summed E-state index contributed by atoms with van der Waals surface area (Å²) in [5, 5.41) is 3.64. The Morgan fingerprint density at radius 3 is 3.06 bits per heavy atom. The Bertz CT molecular complexity index is 196. The van der Waals surface area contributed by atoms with Gasteiger partial charge in [-0.2, -0.15) is 11.8 Å². The molecule has 0 spiro atoms. The fraction of sp³-hybridized carbons (Fsp3) is 0.846. The number of thioether (sulfide) groups is 1. The molecule has 0 aromatic carbocycles. The molecule has 0 aromatic heterocycles. The van der Waals surface area contributed by atoms with E-state index in [0.717, 1.165) is 12.3 Å². The Morgan fingerprint density at radius 2 is 2.38 bits per heavy atom. The second-order valence-electron chi connectivity index (χ2n) is 4.60. The lowest BCUT2D eigenvalue weighted by Gasteiger charge is -2.38. The number of rotatable bonds is 7. The predicted molar refractivity (Wildman–Crippen MR) is 75.3 cm³/mol. The van der Waals surface area contributed by atoms with E-state index in [2.05, 4.69) is 30.6 Å². The van der Waals surface area contributed by atoms with Gasteiger partial charge >= 0.3 is 0 Å². The quantitative estimate of drug-likeness (QED) is 0.545. The fourth-order valence-corrected chi connectivity index (χ4v) is 2.89. The predicted octanol–water partition coefficient (Wildman–Crippen LogP) is 2.37. The molecule has 0 aliphatic carbocycles. The van der Waals surface area contributed by atoms with Crippen LogP contribution < -0.4 is 5.32 Å². The van der Waals surface area contributed by atoms with Crippen molar-refractivity contribution in [1.82, 2.24) is 10.2 Å². The molecule has 2 nitrogen and oxygen atoms in total. The molecule has 16 heavy (non-hydrogen) atoms. The van der Waals surface area contributed by atoms with Crippen LogP contribution in [0, 0.1) is 0 Å². The van der Waals surface area contributed by atoms with Crippen LogP contribution in [0.2, 0.25) is 0 Å². The fourth-order valence-electron chi connectivity index (χ4n) is 2.20. The molecule has 1 fully saturated rings. The maximum Gasteiger partial charge on any atom is 0.0195 e. The van der Waals surface area contributed by atoms with Gasteiger partial charge in [-0.05, 0) is 13.3 Å². The molecule has 1 N–H and O–H groups in total. The van der Waals surface area contributed by atoms with E-state index >= 15 is 0 Å². The van der Waals surface area contributed by atoms with E-state index in [0.29, 0.717) is 12.1 Å². The number of nitrogens with zero attached hydrogens (tertiary/aromatic N) is 1. The van der Waals surface area contributed by atoms with Gasteiger partial charge in [0.25, 0.3) is 0 Å². The topological polar surface area (TPSA) is 15.3 Å². The van der Waals surface area contributed by atoms with Crippen molar-refractivity contribution < 1.29 is 0 Å². The first-order valence-corrected chi connectivity index (χ1v) is 7.59. The minimum Gasteiger partial charge on any atom is -0.311 e. The monoisotopic (exact) mass is 242 g/mol. The van der Waals surface area contributed by atoms with Gasteiger partial charge in [0, 0.05) is 43.2 Å². The standard InChI is InChI=1S/C13H26N2S/c1-4-6-13-11-15(12(3)10-14-13)7-9-16-8-5-2/h5,12-14H,2,4,6-11H2,1,3H3. The number of nitrogens with one attached hydrogen (secondary N) is 1. The lowest BCUT2D eigenvalue weighted by molar-refractivity contribution is 0.145. The molecule has 1 aliphatic rings. The van der Waals surface area contributed by atoms with Crippen LogP contribution in [0.5, 0.6) is 0 Å². The van der Waals surface area contributed by atoms with Crippen LogP contribution in [0.4, 0.5) is 0 Å². The molecule has 1 heterocycles. The van der Waals surface area contributed by atoms with Gasteiger partial charge in [0.15, 0.2) is 0 Å². The van der Waals surface area contributed by atoms with Crippen LogP contribution in [-0.2, 0) is 0 Å². The molecule has 2 atom stereocenters. The molecular weight excluding hydrogens is 216 g/mol. The number of hydrogen-bond acceptors (Lipinski definition) is 3. The van der Waals surface area contributed by atoms with E-state index in [1.54, 1.807) is 0 Å². The van der Waals surface area contributed by atoms with E-state index in [1.165, 1.54) is 31.7 Å². The first-order valence-electron chi connectivity index (χ1n) is 6.44. The van der Waals surface area contributed by atoms with Crippen LogP contribution in [0.3, 0.4) is 0 Å². The van der Waals surface area contributed by atoms with E-state index < -0.39 is 0 Å². The van der Waals surface area contributed by atoms with Crippen molar-refractivity contribution in [2.24, 2.45) is 0 Å². The van der Waals surface area contributed by atoms with Gasteiger partial charge in [-0.3, -0.25) is 4.90 Å². The lowest BCUT2D eigenvalue weighted by atomic mass is 10.1. The second-order valence-corrected chi connectivity index (χ2v) is 5.75. The second kappa shape index (κ2) is 8.15. The van der Waals surface area contributed by atoms with Crippen molar-refractivity contribution in [3.05, 3.63) is 12.7 Å². The number of hydrogen-bond donors (Lipinski definition) is 1. The molecule has 0 aromatic rings. The van der Waals surface area contributed by atoms with Crippen LogP contribution in [0.15, 0.2) is 12.7 Å². The first kappa shape index (κ1) is 14.1. The van der Waals surface area contributed by atoms with Crippen LogP contribution in [0.1, 0.15) is 26.7 Å². The molecule has 1 rings (SSSR count). The SMILES string of the molecule is C=CCSCCN1CC(CCC)NCC1C. The molecule has 0 saturated carbocycles. The van der Waals surface area contributed by atoms with Gasteiger partial charge < -0.3 is 5.32 Å². The molecule has 3 heteroatoms. The van der Waals surface area contributed by atoms with Gasteiger partial charge in [-0.15, -0.1) is 6.58 Å². The molecule has 1 saturated heterocycles. The Morgan fingerprint density at radius 1 is 1.56 bits per heavy atom. The van der Waals surface area contributed by atoms with Crippen LogP contribution >= 0.6 is 11.8 Å². The molecule has 0 amide bonds. The third kappa shape index (κ3) is 4.89. The van der Waals surface area contributed by atoms with Crippen molar-refractivity contribution >= 4 is 11.8 Å². The highest BCUT2D eigenvalue weighted by Gasteiger charge is 2.23. The lowest BCUT2D eigenvalue weighted by Crippen LogP contribution is -2.55. The Labute approximate surface area is 105 Å². The van der Waals surface area contributed by atoms with Crippen molar-refractivity contribution in [3.8, 4) is 0 Å². The molecule has 1 aliphatic heterocycles. The van der Waals surface area contributed by atoms with Crippen molar-refractivity contribution in [1.29, 1.82) is 0 Å². The summed E-state index contributed by atoms with van der Waals surface area (Å²) in [5.74, 6) is 2.31. The third-order valence-corrected chi connectivity index (χ3v) is 4.12. The highest BCUT2D eigenvalue weighted by molar-refractivity contribution is 7.99. The Balaban J connectivity index is 2.23. The van der Waals surface area contributed by atoms with Crippen LogP contribution in [0.25, 0.3) is 0 Å². The zero-order valence-corrected chi connectivity index (χ0v) is 11.6. The normalized spacial score (nSPS) is 26.9. The number of piperazine rings is 1. The Kier molecular flexibility index (Phi) is 7.17. The molecule has 94 valence electrons. The molecule has 0 radical (unpaired) electrons. The minimum atomic E-state index is 0.692.